The van der Waals surface area contributed by atoms with Crippen LogP contribution in [0, 0.1) is 0 Å². The van der Waals surface area contributed by atoms with Crippen LogP contribution in [-0.2, 0) is 33.8 Å². The average Bonchev–Trinajstić information content (AvgIpc) is 1.30. The summed E-state index contributed by atoms with van der Waals surface area (Å²) in [6.45, 7) is 0. The minimum atomic E-state index is -4.45. The summed E-state index contributed by atoms with van der Waals surface area (Å²) >= 11 is -1.95. The predicted octanol–water partition coefficient (Wildman–Crippen LogP) is -1.68. The van der Waals surface area contributed by atoms with Crippen molar-refractivity contribution in [2.45, 2.75) is 0 Å². The van der Waals surface area contributed by atoms with E-state index in [9.17, 15) is 12.1 Å². The van der Waals surface area contributed by atoms with Crippen molar-refractivity contribution in [3.05, 3.63) is 0 Å². The van der Waals surface area contributed by atoms with Gasteiger partial charge in [0.25, 0.3) is 0 Å². The third kappa shape index (κ3) is 9.51. The van der Waals surface area contributed by atoms with Gasteiger partial charge in [-0.15, -0.1) is 0 Å². The molecule has 0 bridgehead atoms. The van der Waals surface area contributed by atoms with Crippen LogP contribution in [0.1, 0.15) is 0 Å². The number of hydrogen-bond donors (Lipinski definition) is 1. The molecule has 0 aliphatic rings. The van der Waals surface area contributed by atoms with Crippen LogP contribution in [0.4, 0.5) is 0 Å². The molecule has 0 saturated carbocycles. The summed E-state index contributed by atoms with van der Waals surface area (Å²) in [6, 6.07) is 0. The zero-order valence-electron chi connectivity index (χ0n) is 3.44. The summed E-state index contributed by atoms with van der Waals surface area (Å²) in [4.78, 5) is 0. The van der Waals surface area contributed by atoms with E-state index in [2.05, 4.69) is 3.11 Å². The van der Waals surface area contributed by atoms with Crippen LogP contribution in [0.3, 0.4) is 0 Å². The van der Waals surface area contributed by atoms with Gasteiger partial charge in [-0.2, -0.15) is 0 Å². The molecule has 0 aromatic carbocycles. The van der Waals surface area contributed by atoms with Gasteiger partial charge >= 0.3 is 46.7 Å². The second-order valence-electron chi connectivity index (χ2n) is 0.577. The zero-order valence-corrected chi connectivity index (χ0v) is 5.65. The van der Waals surface area contributed by atoms with Gasteiger partial charge in [0.2, 0.25) is 0 Å². The Kier molecular flexibility index (Phi) is 5.71. The van der Waals surface area contributed by atoms with Gasteiger partial charge in [0.05, 0.1) is 0 Å². The van der Waals surface area contributed by atoms with Gasteiger partial charge in [-0.3, -0.25) is 0 Å². The van der Waals surface area contributed by atoms with Gasteiger partial charge in [0, 0.05) is 0 Å². The topological polar surface area (TPSA) is 112 Å². The Bertz CT molecular complexity index is 142. The summed E-state index contributed by atoms with van der Waals surface area (Å²) in [5.41, 5.74) is 0. The Morgan fingerprint density at radius 3 is 1.88 bits per heavy atom. The predicted molar refractivity (Wildman–Crippen MR) is 16.9 cm³/mol. The fourth-order valence-electron chi connectivity index (χ4n) is 0.0385. The van der Waals surface area contributed by atoms with Gasteiger partial charge in [-0.1, -0.05) is 0 Å². The van der Waals surface area contributed by atoms with E-state index in [0.29, 0.717) is 0 Å². The van der Waals surface area contributed by atoms with Crippen molar-refractivity contribution in [1.82, 2.24) is 0 Å². The molecule has 0 unspecified atom stereocenters. The molecule has 50 valence electrons. The van der Waals surface area contributed by atoms with Gasteiger partial charge in [-0.25, -0.2) is 0 Å². The Labute approximate surface area is 52.8 Å². The van der Waals surface area contributed by atoms with E-state index >= 15 is 0 Å². The molecule has 6 nitrogen and oxygen atoms in total. The third-order valence-electron chi connectivity index (χ3n) is 0.125. The number of hydrogen-bond acceptors (Lipinski definition) is 4. The van der Waals surface area contributed by atoms with Crippen molar-refractivity contribution in [3.63, 3.8) is 0 Å². The monoisotopic (exact) mass is 182 g/mol. The Morgan fingerprint density at radius 2 is 1.88 bits per heavy atom. The molecule has 8 heavy (non-hydrogen) atoms. The molecular weight excluding hydrogens is 179 g/mol. The molecule has 0 aromatic heterocycles. The van der Waals surface area contributed by atoms with E-state index < -0.39 is 27.0 Å². The fraction of sp³-hybridized carbons (Fsp3) is 0. The van der Waals surface area contributed by atoms with E-state index in [0.717, 1.165) is 0 Å². The van der Waals surface area contributed by atoms with E-state index in [1.807, 2.05) is 0 Å². The first kappa shape index (κ1) is 11.1. The molecule has 0 spiro atoms. The van der Waals surface area contributed by atoms with E-state index in [4.69, 9.17) is 4.55 Å². The summed E-state index contributed by atoms with van der Waals surface area (Å²) < 4.78 is 38.9. The molecule has 0 heterocycles. The van der Waals surface area contributed by atoms with Crippen LogP contribution >= 0.6 is 0 Å². The Morgan fingerprint density at radius 1 is 1.50 bits per heavy atom. The van der Waals surface area contributed by atoms with Crippen molar-refractivity contribution in [1.29, 1.82) is 0 Å². The SMILES string of the molecule is O.[O]=[V][O]S(=O)(=O)O. The van der Waals surface area contributed by atoms with Gasteiger partial charge in [0.1, 0.15) is 0 Å². The third-order valence-corrected chi connectivity index (χ3v) is 1.54. The maximum atomic E-state index is 9.39. The molecule has 0 fully saturated rings. The minimum absolute atomic E-state index is 0. The first-order valence-corrected chi connectivity index (χ1v) is 3.55. The van der Waals surface area contributed by atoms with Crippen LogP contribution in [0.25, 0.3) is 0 Å². The van der Waals surface area contributed by atoms with E-state index in [1.165, 1.54) is 0 Å². The molecule has 0 atom stereocenters. The molecule has 0 aromatic rings. The first-order valence-electron chi connectivity index (χ1n) is 1.05. The summed E-state index contributed by atoms with van der Waals surface area (Å²) in [6.07, 6.45) is 0. The molecule has 0 aliphatic carbocycles. The summed E-state index contributed by atoms with van der Waals surface area (Å²) in [5, 5.41) is 0. The Hall–Kier alpha value is 0.214. The van der Waals surface area contributed by atoms with Crippen molar-refractivity contribution >= 4 is 10.4 Å². The quantitative estimate of drug-likeness (QED) is 0.512. The van der Waals surface area contributed by atoms with Crippen LogP contribution in [-0.4, -0.2) is 18.4 Å². The summed E-state index contributed by atoms with van der Waals surface area (Å²) in [5.74, 6) is 0. The molecule has 0 amide bonds. The normalized spacial score (nSPS) is 9.62. The van der Waals surface area contributed by atoms with Crippen LogP contribution < -0.4 is 0 Å². The van der Waals surface area contributed by atoms with Crippen molar-refractivity contribution in [2.75, 3.05) is 0 Å². The van der Waals surface area contributed by atoms with E-state index in [-0.39, 0.29) is 5.48 Å². The fourth-order valence-corrected chi connectivity index (χ4v) is 0.476. The van der Waals surface area contributed by atoms with Gasteiger partial charge in [0.15, 0.2) is 0 Å². The van der Waals surface area contributed by atoms with Crippen LogP contribution in [0.5, 0.6) is 0 Å². The van der Waals surface area contributed by atoms with Crippen LogP contribution in [0.15, 0.2) is 0 Å². The van der Waals surface area contributed by atoms with Crippen molar-refractivity contribution in [2.24, 2.45) is 0 Å². The van der Waals surface area contributed by atoms with Crippen molar-refractivity contribution < 1.29 is 41.8 Å². The first-order chi connectivity index (χ1) is 3.06. The molecule has 8 heteroatoms. The van der Waals surface area contributed by atoms with Crippen LogP contribution in [0.2, 0.25) is 0 Å². The second kappa shape index (κ2) is 4.13. The molecule has 0 aliphatic heterocycles. The molecule has 0 rings (SSSR count). The molecule has 0 saturated heterocycles. The summed E-state index contributed by atoms with van der Waals surface area (Å²) in [7, 11) is -4.45. The number of rotatable bonds is 2. The van der Waals surface area contributed by atoms with Gasteiger partial charge < -0.3 is 5.48 Å². The Balaban J connectivity index is 0. The standard InChI is InChI=1S/H2O4S.H2O.O.V/c1-5(2,3)4;;;/h(H2,1,2,3,4);1H2;;/q;;;+1/p-1. The maximum absolute atomic E-state index is 9.39. The average molecular weight is 182 g/mol. The van der Waals surface area contributed by atoms with E-state index in [1.54, 1.807) is 0 Å². The van der Waals surface area contributed by atoms with Gasteiger partial charge in [-0.05, 0) is 0 Å². The zero-order chi connectivity index (χ0) is 5.91. The molecular formula is H3O6SV. The molecule has 3 N–H and O–H groups in total. The second-order valence-corrected chi connectivity index (χ2v) is 2.51. The molecule has 0 radical (unpaired) electrons. The van der Waals surface area contributed by atoms with Crippen molar-refractivity contribution in [3.8, 4) is 0 Å².